The van der Waals surface area contributed by atoms with Crippen LogP contribution in [0.3, 0.4) is 0 Å². The molecule has 1 heterocycles. The maximum absolute atomic E-state index is 2.44. The van der Waals surface area contributed by atoms with Gasteiger partial charge < -0.3 is 9.47 Å². The van der Waals surface area contributed by atoms with Crippen LogP contribution in [0.15, 0.2) is 218 Å². The Morgan fingerprint density at radius 2 is 0.786 bits per heavy atom. The molecule has 264 valence electrons. The van der Waals surface area contributed by atoms with Gasteiger partial charge in [0.25, 0.3) is 0 Å². The molecule has 1 aromatic heterocycles. The first-order valence-corrected chi connectivity index (χ1v) is 19.5. The Bertz CT molecular complexity index is 3100. The minimum Gasteiger partial charge on any atom is -0.310 e. The lowest BCUT2D eigenvalue weighted by Gasteiger charge is -2.26. The number of aromatic nitrogens is 1. The van der Waals surface area contributed by atoms with Crippen molar-refractivity contribution in [2.75, 3.05) is 4.90 Å². The quantitative estimate of drug-likeness (QED) is 0.156. The minimum atomic E-state index is 0.276. The lowest BCUT2D eigenvalue weighted by Crippen LogP contribution is -2.10. The normalized spacial score (nSPS) is 15.4. The maximum atomic E-state index is 2.44. The fourth-order valence-corrected chi connectivity index (χ4v) is 9.20. The van der Waals surface area contributed by atoms with Gasteiger partial charge in [-0.15, -0.1) is 0 Å². The summed E-state index contributed by atoms with van der Waals surface area (Å²) in [6.07, 6.45) is 9.04. The van der Waals surface area contributed by atoms with E-state index in [0.29, 0.717) is 5.92 Å². The van der Waals surface area contributed by atoms with Crippen LogP contribution in [0.1, 0.15) is 23.0 Å². The molecule has 1 aliphatic carbocycles. The summed E-state index contributed by atoms with van der Waals surface area (Å²) in [4.78, 5) is 2.40. The molecule has 0 bridgehead atoms. The summed E-state index contributed by atoms with van der Waals surface area (Å²) in [6.45, 7) is 0. The number of para-hydroxylation sites is 2. The van der Waals surface area contributed by atoms with Gasteiger partial charge in [0.05, 0.1) is 11.0 Å². The van der Waals surface area contributed by atoms with Gasteiger partial charge in [-0.05, 0) is 98.0 Å². The third-order valence-electron chi connectivity index (χ3n) is 11.8. The van der Waals surface area contributed by atoms with E-state index in [4.69, 9.17) is 0 Å². The highest BCUT2D eigenvalue weighted by atomic mass is 15.1. The largest absolute Gasteiger partial charge is 0.310 e. The average molecular weight is 715 g/mol. The van der Waals surface area contributed by atoms with Gasteiger partial charge in [0.1, 0.15) is 0 Å². The van der Waals surface area contributed by atoms with Gasteiger partial charge in [0, 0.05) is 45.4 Å². The van der Waals surface area contributed by atoms with E-state index in [-0.39, 0.29) is 5.92 Å². The van der Waals surface area contributed by atoms with Gasteiger partial charge in [-0.2, -0.15) is 0 Å². The van der Waals surface area contributed by atoms with Crippen LogP contribution in [-0.2, 0) is 0 Å². The van der Waals surface area contributed by atoms with Crippen molar-refractivity contribution in [3.63, 3.8) is 0 Å². The molecule has 0 amide bonds. The third kappa shape index (κ3) is 5.26. The molecule has 0 aliphatic heterocycles. The summed E-state index contributed by atoms with van der Waals surface area (Å²) in [6, 6.07) is 71.2. The molecular formula is C54H38N2. The zero-order valence-corrected chi connectivity index (χ0v) is 30.8. The summed E-state index contributed by atoms with van der Waals surface area (Å²) in [5.41, 5.74) is 9.54. The van der Waals surface area contributed by atoms with Crippen molar-refractivity contribution in [1.29, 1.82) is 0 Å². The second-order valence-corrected chi connectivity index (χ2v) is 14.9. The summed E-state index contributed by atoms with van der Waals surface area (Å²) in [5.74, 6) is 0.580. The zero-order chi connectivity index (χ0) is 37.0. The first-order chi connectivity index (χ1) is 27.8. The molecule has 9 aromatic carbocycles. The minimum absolute atomic E-state index is 0.276. The van der Waals surface area contributed by atoms with Crippen molar-refractivity contribution >= 4 is 71.2 Å². The van der Waals surface area contributed by atoms with E-state index in [2.05, 4.69) is 228 Å². The average Bonchev–Trinajstić information content (AvgIpc) is 3.61. The zero-order valence-electron chi connectivity index (χ0n) is 30.8. The van der Waals surface area contributed by atoms with Gasteiger partial charge in [-0.3, -0.25) is 0 Å². The molecule has 0 saturated heterocycles. The molecule has 0 radical (unpaired) electrons. The van der Waals surface area contributed by atoms with Crippen molar-refractivity contribution < 1.29 is 0 Å². The standard InChI is InChI=1S/C54H38N2/c1-3-15-37(16-4-1)43-19-7-8-20-44(43)38-27-29-40(30-28-38)56-53-26-14-13-25-50(53)51-34-32-42(36-54(51)56)55(39-17-5-2-6-18-39)41-31-33-49-47-23-10-9-21-45(47)46-22-11-12-24-48(46)52(49)35-41/h1-36,43-44H. The van der Waals surface area contributed by atoms with E-state index in [0.717, 1.165) is 22.7 Å². The van der Waals surface area contributed by atoms with Gasteiger partial charge in [-0.1, -0.05) is 164 Å². The molecule has 0 N–H and O–H groups in total. The molecule has 56 heavy (non-hydrogen) atoms. The molecule has 10 aromatic rings. The first kappa shape index (κ1) is 32.3. The molecule has 11 rings (SSSR count). The topological polar surface area (TPSA) is 8.17 Å². The molecule has 0 spiro atoms. The number of benzene rings is 9. The van der Waals surface area contributed by atoms with E-state index in [1.165, 1.54) is 65.3 Å². The highest BCUT2D eigenvalue weighted by Crippen LogP contribution is 2.43. The van der Waals surface area contributed by atoms with Crippen LogP contribution >= 0.6 is 0 Å². The fraction of sp³-hybridized carbons (Fsp3) is 0.0370. The van der Waals surface area contributed by atoms with Crippen LogP contribution in [-0.4, -0.2) is 4.57 Å². The second-order valence-electron chi connectivity index (χ2n) is 14.9. The number of fused-ring (bicyclic) bond motifs is 9. The molecule has 0 saturated carbocycles. The van der Waals surface area contributed by atoms with Crippen LogP contribution in [0, 0.1) is 0 Å². The van der Waals surface area contributed by atoms with Gasteiger partial charge in [0.2, 0.25) is 0 Å². The van der Waals surface area contributed by atoms with Crippen molar-refractivity contribution in [2.45, 2.75) is 11.8 Å². The number of hydrogen-bond acceptors (Lipinski definition) is 1. The van der Waals surface area contributed by atoms with Crippen LogP contribution in [0.25, 0.3) is 59.8 Å². The van der Waals surface area contributed by atoms with Crippen molar-refractivity contribution in [3.8, 4) is 5.69 Å². The second kappa shape index (κ2) is 13.3. The molecule has 2 unspecified atom stereocenters. The fourth-order valence-electron chi connectivity index (χ4n) is 9.20. The van der Waals surface area contributed by atoms with Gasteiger partial charge >= 0.3 is 0 Å². The molecule has 2 atom stereocenters. The predicted octanol–water partition coefficient (Wildman–Crippen LogP) is 14.7. The Hall–Kier alpha value is -7.16. The number of hydrogen-bond donors (Lipinski definition) is 0. The van der Waals surface area contributed by atoms with E-state index < -0.39 is 0 Å². The Balaban J connectivity index is 1.07. The van der Waals surface area contributed by atoms with Crippen molar-refractivity contribution in [3.05, 3.63) is 230 Å². The van der Waals surface area contributed by atoms with Crippen molar-refractivity contribution in [1.82, 2.24) is 4.57 Å². The van der Waals surface area contributed by atoms with E-state index in [1.807, 2.05) is 0 Å². The molecule has 0 fully saturated rings. The lowest BCUT2D eigenvalue weighted by atomic mass is 9.79. The van der Waals surface area contributed by atoms with Crippen molar-refractivity contribution in [2.24, 2.45) is 0 Å². The number of nitrogens with zero attached hydrogens (tertiary/aromatic N) is 2. The number of allylic oxidation sites excluding steroid dienone is 4. The summed E-state index contributed by atoms with van der Waals surface area (Å²) < 4.78 is 2.44. The smallest absolute Gasteiger partial charge is 0.0561 e. The van der Waals surface area contributed by atoms with Crippen LogP contribution in [0.2, 0.25) is 0 Å². The van der Waals surface area contributed by atoms with Gasteiger partial charge in [0.15, 0.2) is 0 Å². The molecular weight excluding hydrogens is 677 g/mol. The number of anilines is 3. The van der Waals surface area contributed by atoms with E-state index in [1.54, 1.807) is 0 Å². The van der Waals surface area contributed by atoms with E-state index in [9.17, 15) is 0 Å². The molecule has 2 nitrogen and oxygen atoms in total. The maximum Gasteiger partial charge on any atom is 0.0561 e. The molecule has 2 heteroatoms. The third-order valence-corrected chi connectivity index (χ3v) is 11.8. The Morgan fingerprint density at radius 3 is 1.43 bits per heavy atom. The monoisotopic (exact) mass is 714 g/mol. The highest BCUT2D eigenvalue weighted by Gasteiger charge is 2.23. The summed E-state index contributed by atoms with van der Waals surface area (Å²) in [7, 11) is 0. The Labute approximate surface area is 326 Å². The highest BCUT2D eigenvalue weighted by molar-refractivity contribution is 6.25. The Kier molecular flexibility index (Phi) is 7.67. The van der Waals surface area contributed by atoms with E-state index >= 15 is 0 Å². The van der Waals surface area contributed by atoms with Crippen LogP contribution in [0.5, 0.6) is 0 Å². The first-order valence-electron chi connectivity index (χ1n) is 19.5. The summed E-state index contributed by atoms with van der Waals surface area (Å²) >= 11 is 0. The van der Waals surface area contributed by atoms with Crippen LogP contribution in [0.4, 0.5) is 17.1 Å². The Morgan fingerprint density at radius 1 is 0.321 bits per heavy atom. The SMILES string of the molecule is C1=CC(c2ccccc2)C(c2ccc(-n3c4ccccc4c4ccc(N(c5ccccc5)c5ccc6c7ccccc7c7ccccc7c6c5)cc43)cc2)C=C1. The molecule has 1 aliphatic rings. The van der Waals surface area contributed by atoms with Crippen LogP contribution < -0.4 is 4.90 Å². The van der Waals surface area contributed by atoms with Gasteiger partial charge in [-0.25, -0.2) is 0 Å². The number of rotatable bonds is 6. The predicted molar refractivity (Wildman–Crippen MR) is 238 cm³/mol. The lowest BCUT2D eigenvalue weighted by molar-refractivity contribution is 0.730. The summed E-state index contributed by atoms with van der Waals surface area (Å²) in [5, 5.41) is 10.1.